The van der Waals surface area contributed by atoms with E-state index in [1.165, 1.54) is 6.42 Å². The number of nitrogens with zero attached hydrogens (tertiary/aromatic N) is 3. The molecule has 5 rings (SSSR count). The predicted molar refractivity (Wildman–Crippen MR) is 112 cm³/mol. The van der Waals surface area contributed by atoms with Crippen molar-refractivity contribution >= 4 is 33.5 Å². The maximum absolute atomic E-state index is 13.3. The van der Waals surface area contributed by atoms with Gasteiger partial charge in [0.05, 0.1) is 16.7 Å². The van der Waals surface area contributed by atoms with Gasteiger partial charge in [-0.15, -0.1) is 0 Å². The molecule has 1 aliphatic heterocycles. The topological polar surface area (TPSA) is 58.1 Å². The van der Waals surface area contributed by atoms with Crippen LogP contribution in [0.4, 0.5) is 10.5 Å². The molecule has 1 N–H and O–H groups in total. The number of nitrogens with one attached hydrogen (secondary N) is 1. The van der Waals surface area contributed by atoms with Gasteiger partial charge < -0.3 is 10.2 Å². The summed E-state index contributed by atoms with van der Waals surface area (Å²) in [6.45, 7) is 7.82. The van der Waals surface area contributed by atoms with E-state index in [-0.39, 0.29) is 16.9 Å². The van der Waals surface area contributed by atoms with Gasteiger partial charge in [-0.3, -0.25) is 9.97 Å². The molecule has 1 aliphatic carbocycles. The third kappa shape index (κ3) is 2.81. The van der Waals surface area contributed by atoms with Crippen LogP contribution in [0.3, 0.4) is 0 Å². The number of anilines is 1. The summed E-state index contributed by atoms with van der Waals surface area (Å²) in [6.07, 6.45) is 6.90. The highest BCUT2D eigenvalue weighted by Gasteiger charge is 2.51. The zero-order valence-electron chi connectivity index (χ0n) is 16.7. The van der Waals surface area contributed by atoms with Crippen LogP contribution in [0, 0.1) is 10.8 Å². The molecule has 1 aromatic carbocycles. The van der Waals surface area contributed by atoms with E-state index in [0.29, 0.717) is 6.04 Å². The Morgan fingerprint density at radius 3 is 2.68 bits per heavy atom. The van der Waals surface area contributed by atoms with Gasteiger partial charge in [0.15, 0.2) is 0 Å². The highest BCUT2D eigenvalue weighted by molar-refractivity contribution is 6.11. The molecule has 0 radical (unpaired) electrons. The maximum atomic E-state index is 13.3. The maximum Gasteiger partial charge on any atom is 0.322 e. The van der Waals surface area contributed by atoms with Gasteiger partial charge in [-0.1, -0.05) is 26.8 Å². The fourth-order valence-electron chi connectivity index (χ4n) is 5.76. The van der Waals surface area contributed by atoms with Crippen LogP contribution in [0.25, 0.3) is 21.8 Å². The lowest BCUT2D eigenvalue weighted by Crippen LogP contribution is -2.40. The van der Waals surface area contributed by atoms with Gasteiger partial charge in [0.1, 0.15) is 0 Å². The van der Waals surface area contributed by atoms with E-state index in [9.17, 15) is 4.79 Å². The van der Waals surface area contributed by atoms with Crippen molar-refractivity contribution in [3.8, 4) is 0 Å². The molecule has 2 fully saturated rings. The first-order chi connectivity index (χ1) is 13.3. The number of hydrogen-bond acceptors (Lipinski definition) is 3. The van der Waals surface area contributed by atoms with Gasteiger partial charge >= 0.3 is 6.03 Å². The van der Waals surface area contributed by atoms with Crippen molar-refractivity contribution < 1.29 is 4.79 Å². The first-order valence-electron chi connectivity index (χ1n) is 10.0. The summed E-state index contributed by atoms with van der Waals surface area (Å²) in [5.41, 5.74) is 3.00. The summed E-state index contributed by atoms with van der Waals surface area (Å²) in [7, 11) is 0. The molecule has 2 bridgehead atoms. The second kappa shape index (κ2) is 5.90. The molecule has 1 saturated carbocycles. The smallest absolute Gasteiger partial charge is 0.321 e. The largest absolute Gasteiger partial charge is 0.322 e. The summed E-state index contributed by atoms with van der Waals surface area (Å²) in [5.74, 6) is 0. The zero-order valence-corrected chi connectivity index (χ0v) is 16.7. The molecule has 3 aromatic rings. The second-order valence-corrected chi connectivity index (χ2v) is 9.67. The normalized spacial score (nSPS) is 26.0. The van der Waals surface area contributed by atoms with E-state index in [0.717, 1.165) is 46.9 Å². The summed E-state index contributed by atoms with van der Waals surface area (Å²) in [4.78, 5) is 24.3. The van der Waals surface area contributed by atoms with Crippen molar-refractivity contribution in [2.24, 2.45) is 10.8 Å². The number of urea groups is 1. The molecule has 28 heavy (non-hydrogen) atoms. The fraction of sp³-hybridized carbons (Fsp3) is 0.435. The van der Waals surface area contributed by atoms with Gasteiger partial charge in [-0.05, 0) is 54.4 Å². The monoisotopic (exact) mass is 374 g/mol. The Morgan fingerprint density at radius 1 is 1.11 bits per heavy atom. The van der Waals surface area contributed by atoms with Crippen LogP contribution < -0.4 is 5.32 Å². The molecule has 3 heterocycles. The van der Waals surface area contributed by atoms with Gasteiger partial charge in [-0.25, -0.2) is 4.79 Å². The molecule has 2 aromatic heterocycles. The van der Waals surface area contributed by atoms with E-state index < -0.39 is 0 Å². The van der Waals surface area contributed by atoms with Gasteiger partial charge in [0.2, 0.25) is 0 Å². The molecule has 2 atom stereocenters. The molecule has 5 nitrogen and oxygen atoms in total. The van der Waals surface area contributed by atoms with Crippen LogP contribution in [0.2, 0.25) is 0 Å². The minimum Gasteiger partial charge on any atom is -0.321 e. The van der Waals surface area contributed by atoms with Crippen molar-refractivity contribution in [1.29, 1.82) is 0 Å². The molecule has 0 unspecified atom stereocenters. The first kappa shape index (κ1) is 17.4. The Labute approximate surface area is 165 Å². The molecular formula is C23H26N4O. The Balaban J connectivity index is 1.51. The number of amides is 2. The average Bonchev–Trinajstić information content (AvgIpc) is 2.91. The standard InChI is InChI=1S/C23H26N4O/c1-22(2)11-16-12-23(3,13-22)14-27(16)21(28)26-18-10-15-6-4-8-24-19(15)20-17(18)7-5-9-25-20/h4-10,16H,11-14H2,1-3H3,(H,26,28)/t16-,23+/m0/s1. The SMILES string of the molecule is CC1(C)C[C@H]2C[C@@](C)(CN2C(=O)Nc2cc3cccnc3c3ncccc23)C1. The van der Waals surface area contributed by atoms with Crippen molar-refractivity contribution in [1.82, 2.24) is 14.9 Å². The number of pyridine rings is 2. The number of aromatic nitrogens is 2. The van der Waals surface area contributed by atoms with Crippen molar-refractivity contribution in [2.75, 3.05) is 11.9 Å². The third-order valence-corrected chi connectivity index (χ3v) is 6.38. The highest BCUT2D eigenvalue weighted by atomic mass is 16.2. The lowest BCUT2D eigenvalue weighted by Gasteiger charge is -2.39. The van der Waals surface area contributed by atoms with E-state index >= 15 is 0 Å². The second-order valence-electron chi connectivity index (χ2n) is 9.67. The van der Waals surface area contributed by atoms with E-state index in [2.05, 4.69) is 41.0 Å². The number of carbonyl (C=O) groups excluding carboxylic acids is 1. The Kier molecular flexibility index (Phi) is 3.67. The van der Waals surface area contributed by atoms with Crippen LogP contribution in [-0.2, 0) is 0 Å². The van der Waals surface area contributed by atoms with Crippen molar-refractivity contribution in [3.63, 3.8) is 0 Å². The van der Waals surface area contributed by atoms with Crippen molar-refractivity contribution in [3.05, 3.63) is 42.7 Å². The highest BCUT2D eigenvalue weighted by Crippen LogP contribution is 2.52. The quantitative estimate of drug-likeness (QED) is 0.595. The molecule has 144 valence electrons. The summed E-state index contributed by atoms with van der Waals surface area (Å²) in [6, 6.07) is 10.2. The van der Waals surface area contributed by atoms with Gasteiger partial charge in [0.25, 0.3) is 0 Å². The number of carbonyl (C=O) groups is 1. The molecule has 2 amide bonds. The molecule has 0 spiro atoms. The predicted octanol–water partition coefficient (Wildman–Crippen LogP) is 5.22. The Morgan fingerprint density at radius 2 is 1.86 bits per heavy atom. The minimum absolute atomic E-state index is 0.000168. The number of benzene rings is 1. The van der Waals surface area contributed by atoms with Crippen LogP contribution in [-0.4, -0.2) is 33.5 Å². The van der Waals surface area contributed by atoms with E-state index in [1.807, 2.05) is 30.3 Å². The van der Waals surface area contributed by atoms with Crippen LogP contribution in [0.15, 0.2) is 42.7 Å². The van der Waals surface area contributed by atoms with E-state index in [4.69, 9.17) is 0 Å². The minimum atomic E-state index is -0.000168. The molecule has 5 heteroatoms. The zero-order chi connectivity index (χ0) is 19.5. The first-order valence-corrected chi connectivity index (χ1v) is 10.0. The lowest BCUT2D eigenvalue weighted by molar-refractivity contribution is 0.130. The average molecular weight is 374 g/mol. The third-order valence-electron chi connectivity index (χ3n) is 6.38. The van der Waals surface area contributed by atoms with Crippen LogP contribution in [0.1, 0.15) is 40.0 Å². The summed E-state index contributed by atoms with van der Waals surface area (Å²) < 4.78 is 0. The van der Waals surface area contributed by atoms with Gasteiger partial charge in [-0.2, -0.15) is 0 Å². The number of rotatable bonds is 1. The van der Waals surface area contributed by atoms with Crippen molar-refractivity contribution in [2.45, 2.75) is 46.1 Å². The molecule has 1 saturated heterocycles. The number of likely N-dealkylation sites (tertiary alicyclic amines) is 1. The number of fused-ring (bicyclic) bond motifs is 5. The summed E-state index contributed by atoms with van der Waals surface area (Å²) >= 11 is 0. The van der Waals surface area contributed by atoms with Crippen LogP contribution in [0.5, 0.6) is 0 Å². The summed E-state index contributed by atoms with van der Waals surface area (Å²) in [5, 5.41) is 5.11. The molecule has 2 aliphatic rings. The lowest BCUT2D eigenvalue weighted by atomic mass is 9.65. The van der Waals surface area contributed by atoms with Gasteiger partial charge in [0, 0.05) is 35.8 Å². The van der Waals surface area contributed by atoms with E-state index in [1.54, 1.807) is 12.4 Å². The fourth-order valence-corrected chi connectivity index (χ4v) is 5.76. The number of hydrogen-bond donors (Lipinski definition) is 1. The Hall–Kier alpha value is -2.69. The molecular weight excluding hydrogens is 348 g/mol. The Bertz CT molecular complexity index is 1090. The van der Waals surface area contributed by atoms with Crippen LogP contribution >= 0.6 is 0 Å².